The van der Waals surface area contributed by atoms with E-state index in [0.717, 1.165) is 23.1 Å². The third-order valence-corrected chi connectivity index (χ3v) is 4.54. The molecule has 2 aromatic carbocycles. The maximum atomic E-state index is 14.6. The van der Waals surface area contributed by atoms with Gasteiger partial charge in [-0.1, -0.05) is 50.3 Å². The van der Waals surface area contributed by atoms with E-state index in [0.29, 0.717) is 0 Å². The average molecular weight is 280 g/mol. The molecule has 0 saturated heterocycles. The van der Waals surface area contributed by atoms with Crippen molar-refractivity contribution in [3.05, 3.63) is 75.6 Å². The van der Waals surface area contributed by atoms with Crippen molar-refractivity contribution in [2.75, 3.05) is 0 Å². The molecule has 0 amide bonds. The first-order chi connectivity index (χ1) is 9.95. The predicted octanol–water partition coefficient (Wildman–Crippen LogP) is 5.40. The van der Waals surface area contributed by atoms with Gasteiger partial charge in [-0.3, -0.25) is 0 Å². The van der Waals surface area contributed by atoms with Crippen LogP contribution in [0.4, 0.5) is 4.39 Å². The van der Waals surface area contributed by atoms with Gasteiger partial charge in [0.25, 0.3) is 0 Å². The molecular weight excluding hydrogens is 259 g/mol. The van der Waals surface area contributed by atoms with E-state index in [1.165, 1.54) is 16.7 Å². The lowest BCUT2D eigenvalue weighted by molar-refractivity contribution is 0.530. The molecular formula is C20H21F. The Bertz CT molecular complexity index is 736. The van der Waals surface area contributed by atoms with Crippen molar-refractivity contribution in [3.8, 4) is 0 Å². The summed E-state index contributed by atoms with van der Waals surface area (Å²) in [5.41, 5.74) is 6.51. The Hall–Kier alpha value is -1.89. The Morgan fingerprint density at radius 3 is 2.67 bits per heavy atom. The van der Waals surface area contributed by atoms with Gasteiger partial charge in [0.15, 0.2) is 0 Å². The largest absolute Gasteiger partial charge is 0.207 e. The lowest BCUT2D eigenvalue weighted by atomic mass is 9.67. The van der Waals surface area contributed by atoms with E-state index in [9.17, 15) is 4.39 Å². The third-order valence-electron chi connectivity index (χ3n) is 4.54. The van der Waals surface area contributed by atoms with Gasteiger partial charge in [0, 0.05) is 11.0 Å². The lowest BCUT2D eigenvalue weighted by Gasteiger charge is -2.36. The third kappa shape index (κ3) is 2.12. The zero-order valence-corrected chi connectivity index (χ0v) is 13.1. The van der Waals surface area contributed by atoms with Crippen molar-refractivity contribution < 1.29 is 4.39 Å². The minimum atomic E-state index is -0.293. The van der Waals surface area contributed by atoms with Crippen molar-refractivity contribution in [2.45, 2.75) is 39.5 Å². The van der Waals surface area contributed by atoms with E-state index >= 15 is 0 Å². The molecule has 0 radical (unpaired) electrons. The maximum absolute atomic E-state index is 14.6. The molecule has 0 heterocycles. The summed E-state index contributed by atoms with van der Waals surface area (Å²) in [5, 5.41) is 0. The van der Waals surface area contributed by atoms with E-state index in [1.54, 1.807) is 6.07 Å². The molecule has 0 N–H and O–H groups in total. The molecule has 2 aromatic rings. The lowest BCUT2D eigenvalue weighted by Crippen LogP contribution is -2.29. The maximum Gasteiger partial charge on any atom is 0.127 e. The fraction of sp³-hybridized carbons (Fsp3) is 0.300. The van der Waals surface area contributed by atoms with Gasteiger partial charge in [-0.2, -0.15) is 0 Å². The Morgan fingerprint density at radius 2 is 1.95 bits per heavy atom. The Morgan fingerprint density at radius 1 is 1.19 bits per heavy atom. The fourth-order valence-corrected chi connectivity index (χ4v) is 3.70. The Labute approximate surface area is 126 Å². The number of allylic oxidation sites excluding steroid dienone is 1. The van der Waals surface area contributed by atoms with Gasteiger partial charge in [-0.25, -0.2) is 4.39 Å². The quantitative estimate of drug-likeness (QED) is 0.656. The van der Waals surface area contributed by atoms with Gasteiger partial charge in [-0.15, -0.1) is 0 Å². The van der Waals surface area contributed by atoms with Gasteiger partial charge in [-0.05, 0) is 54.2 Å². The first-order valence-corrected chi connectivity index (χ1v) is 7.49. The smallest absolute Gasteiger partial charge is 0.127 e. The van der Waals surface area contributed by atoms with Crippen LogP contribution in [-0.4, -0.2) is 0 Å². The molecule has 21 heavy (non-hydrogen) atoms. The summed E-state index contributed by atoms with van der Waals surface area (Å²) in [5.74, 6) is -0.0721. The van der Waals surface area contributed by atoms with Crippen molar-refractivity contribution >= 4 is 6.08 Å². The molecule has 0 saturated carbocycles. The monoisotopic (exact) mass is 280 g/mol. The van der Waals surface area contributed by atoms with Crippen LogP contribution in [0.3, 0.4) is 0 Å². The van der Waals surface area contributed by atoms with Crippen LogP contribution in [0.15, 0.2) is 36.4 Å². The molecule has 1 aliphatic carbocycles. The molecule has 1 aliphatic rings. The topological polar surface area (TPSA) is 0 Å². The summed E-state index contributed by atoms with van der Waals surface area (Å²) < 4.78 is 14.6. The second kappa shape index (κ2) is 4.84. The second-order valence-corrected chi connectivity index (χ2v) is 6.46. The Kier molecular flexibility index (Phi) is 3.24. The second-order valence-electron chi connectivity index (χ2n) is 6.46. The molecule has 0 atom stereocenters. The molecule has 0 aliphatic heterocycles. The number of fused-ring (bicyclic) bond motifs is 2. The number of hydrogen-bond acceptors (Lipinski definition) is 0. The number of hydrogen-bond donors (Lipinski definition) is 0. The number of benzene rings is 2. The molecule has 0 nitrogen and oxygen atoms in total. The number of halogens is 1. The minimum Gasteiger partial charge on any atom is -0.207 e. The van der Waals surface area contributed by atoms with Crippen LogP contribution in [-0.2, 0) is 11.8 Å². The number of aryl methyl sites for hydroxylation is 1. The van der Waals surface area contributed by atoms with Crippen LogP contribution in [0.2, 0.25) is 0 Å². The highest BCUT2D eigenvalue weighted by molar-refractivity contribution is 5.63. The first-order valence-electron chi connectivity index (χ1n) is 7.49. The molecule has 0 spiro atoms. The van der Waals surface area contributed by atoms with Crippen LogP contribution in [0.25, 0.3) is 6.08 Å². The first kappa shape index (κ1) is 14.1. The van der Waals surface area contributed by atoms with Crippen molar-refractivity contribution in [2.24, 2.45) is 0 Å². The number of rotatable bonds is 1. The van der Waals surface area contributed by atoms with Gasteiger partial charge in [0.05, 0.1) is 0 Å². The summed E-state index contributed by atoms with van der Waals surface area (Å²) in [4.78, 5) is 0. The zero-order valence-electron chi connectivity index (χ0n) is 13.1. The highest BCUT2D eigenvalue weighted by Crippen LogP contribution is 2.43. The van der Waals surface area contributed by atoms with E-state index in [2.05, 4.69) is 50.3 Å². The van der Waals surface area contributed by atoms with Gasteiger partial charge in [0.2, 0.25) is 0 Å². The van der Waals surface area contributed by atoms with E-state index in [-0.39, 0.29) is 11.2 Å². The van der Waals surface area contributed by atoms with E-state index in [4.69, 9.17) is 0 Å². The van der Waals surface area contributed by atoms with Crippen LogP contribution in [0.1, 0.15) is 54.2 Å². The standard InChI is InChI=1S/C20H21F/c1-5-7-14-8-6-9-17-16(14)12-15-10-13(2)11-18(21)19(15)20(17,3)4/h5-11H,12H2,1-4H3/b7-5-. The summed E-state index contributed by atoms with van der Waals surface area (Å²) in [6.07, 6.45) is 5.02. The van der Waals surface area contributed by atoms with Crippen molar-refractivity contribution in [3.63, 3.8) is 0 Å². The summed E-state index contributed by atoms with van der Waals surface area (Å²) in [6, 6.07) is 10.2. The zero-order chi connectivity index (χ0) is 15.2. The molecule has 0 unspecified atom stereocenters. The van der Waals surface area contributed by atoms with Crippen LogP contribution >= 0.6 is 0 Å². The molecule has 3 rings (SSSR count). The molecule has 1 heteroatoms. The van der Waals surface area contributed by atoms with E-state index in [1.807, 2.05) is 13.8 Å². The minimum absolute atomic E-state index is 0.0721. The van der Waals surface area contributed by atoms with Crippen LogP contribution in [0.5, 0.6) is 0 Å². The van der Waals surface area contributed by atoms with Gasteiger partial charge >= 0.3 is 0 Å². The van der Waals surface area contributed by atoms with Crippen LogP contribution in [0, 0.1) is 12.7 Å². The van der Waals surface area contributed by atoms with Crippen molar-refractivity contribution in [1.82, 2.24) is 0 Å². The van der Waals surface area contributed by atoms with Gasteiger partial charge < -0.3 is 0 Å². The molecule has 0 bridgehead atoms. The fourth-order valence-electron chi connectivity index (χ4n) is 3.70. The average Bonchev–Trinajstić information content (AvgIpc) is 2.38. The SMILES string of the molecule is C/C=C\c1cccc2c1Cc1cc(C)cc(F)c1C2(C)C. The molecule has 0 fully saturated rings. The summed E-state index contributed by atoms with van der Waals surface area (Å²) >= 11 is 0. The van der Waals surface area contributed by atoms with Crippen LogP contribution < -0.4 is 0 Å². The van der Waals surface area contributed by atoms with Crippen molar-refractivity contribution in [1.29, 1.82) is 0 Å². The van der Waals surface area contributed by atoms with Gasteiger partial charge in [0.1, 0.15) is 5.82 Å². The summed E-state index contributed by atoms with van der Waals surface area (Å²) in [6.45, 7) is 8.25. The highest BCUT2D eigenvalue weighted by atomic mass is 19.1. The summed E-state index contributed by atoms with van der Waals surface area (Å²) in [7, 11) is 0. The predicted molar refractivity (Wildman–Crippen MR) is 87.2 cm³/mol. The Balaban J connectivity index is 2.30. The molecule has 0 aromatic heterocycles. The van der Waals surface area contributed by atoms with E-state index < -0.39 is 0 Å². The highest BCUT2D eigenvalue weighted by Gasteiger charge is 2.35. The normalized spacial score (nSPS) is 15.9. The molecule has 108 valence electrons.